The minimum absolute atomic E-state index is 0.214. The maximum atomic E-state index is 12.0. The number of carbonyl (C=O) groups is 1. The van der Waals surface area contributed by atoms with Crippen molar-refractivity contribution in [3.05, 3.63) is 17.8 Å². The summed E-state index contributed by atoms with van der Waals surface area (Å²) in [6.45, 7) is 9.45. The zero-order valence-electron chi connectivity index (χ0n) is 11.0. The molecule has 1 aliphatic rings. The van der Waals surface area contributed by atoms with Gasteiger partial charge in [0.2, 0.25) is 5.91 Å². The second-order valence-electron chi connectivity index (χ2n) is 5.67. The van der Waals surface area contributed by atoms with Crippen LogP contribution in [0.25, 0.3) is 0 Å². The van der Waals surface area contributed by atoms with Gasteiger partial charge in [0.1, 0.15) is 5.76 Å². The Balaban J connectivity index is 1.98. The van der Waals surface area contributed by atoms with Gasteiger partial charge >= 0.3 is 0 Å². The van der Waals surface area contributed by atoms with Gasteiger partial charge in [0.15, 0.2) is 6.39 Å². The lowest BCUT2D eigenvalue weighted by atomic mass is 9.88. The van der Waals surface area contributed by atoms with E-state index < -0.39 is 0 Å². The Bertz CT molecular complexity index is 411. The van der Waals surface area contributed by atoms with Gasteiger partial charge in [-0.2, -0.15) is 0 Å². The first-order valence-corrected chi connectivity index (χ1v) is 6.15. The summed E-state index contributed by atoms with van der Waals surface area (Å²) in [7, 11) is 0. The van der Waals surface area contributed by atoms with E-state index in [1.807, 2.05) is 25.7 Å². The molecule has 17 heavy (non-hydrogen) atoms. The van der Waals surface area contributed by atoms with Crippen LogP contribution < -0.4 is 0 Å². The highest BCUT2D eigenvalue weighted by molar-refractivity contribution is 5.82. The number of aryl methyl sites for hydroxylation is 1. The van der Waals surface area contributed by atoms with Crippen LogP contribution in [0.2, 0.25) is 0 Å². The Morgan fingerprint density at radius 3 is 2.71 bits per heavy atom. The van der Waals surface area contributed by atoms with Gasteiger partial charge in [0.05, 0.1) is 11.6 Å². The number of amides is 1. The highest BCUT2D eigenvalue weighted by Gasteiger charge is 2.39. The van der Waals surface area contributed by atoms with Crippen molar-refractivity contribution in [1.29, 1.82) is 0 Å². The molecule has 0 radical (unpaired) electrons. The topological polar surface area (TPSA) is 46.3 Å². The van der Waals surface area contributed by atoms with Gasteiger partial charge in [-0.1, -0.05) is 27.7 Å². The first-order valence-electron chi connectivity index (χ1n) is 6.15. The van der Waals surface area contributed by atoms with E-state index in [4.69, 9.17) is 4.42 Å². The average Bonchev–Trinajstić information content (AvgIpc) is 2.62. The van der Waals surface area contributed by atoms with Gasteiger partial charge in [0.25, 0.3) is 0 Å². The zero-order valence-corrected chi connectivity index (χ0v) is 11.0. The highest BCUT2D eigenvalue weighted by Crippen LogP contribution is 2.32. The average molecular weight is 236 g/mol. The molecule has 1 aromatic rings. The number of rotatable bonds is 2. The van der Waals surface area contributed by atoms with Crippen LogP contribution in [0.4, 0.5) is 0 Å². The van der Waals surface area contributed by atoms with E-state index >= 15 is 0 Å². The Morgan fingerprint density at radius 2 is 2.18 bits per heavy atom. The van der Waals surface area contributed by atoms with E-state index in [0.717, 1.165) is 31.0 Å². The molecule has 1 saturated heterocycles. The molecule has 0 aromatic carbocycles. The first-order chi connectivity index (χ1) is 7.93. The van der Waals surface area contributed by atoms with E-state index in [0.29, 0.717) is 5.92 Å². The SMILES string of the molecule is CCc1ncoc1C1CN(C(=O)C(C)(C)C)C1. The smallest absolute Gasteiger partial charge is 0.227 e. The molecule has 1 fully saturated rings. The summed E-state index contributed by atoms with van der Waals surface area (Å²) in [5, 5.41) is 0. The third-order valence-corrected chi connectivity index (χ3v) is 3.19. The van der Waals surface area contributed by atoms with E-state index in [1.54, 1.807) is 0 Å². The molecular formula is C13H20N2O2. The first kappa shape index (κ1) is 12.1. The predicted molar refractivity (Wildman–Crippen MR) is 64.7 cm³/mol. The molecule has 4 nitrogen and oxygen atoms in total. The van der Waals surface area contributed by atoms with Crippen molar-refractivity contribution in [3.63, 3.8) is 0 Å². The van der Waals surface area contributed by atoms with Crippen molar-refractivity contribution in [2.45, 2.75) is 40.0 Å². The van der Waals surface area contributed by atoms with Gasteiger partial charge < -0.3 is 9.32 Å². The van der Waals surface area contributed by atoms with Crippen molar-refractivity contribution in [3.8, 4) is 0 Å². The number of likely N-dealkylation sites (tertiary alicyclic amines) is 1. The molecule has 2 heterocycles. The van der Waals surface area contributed by atoms with E-state index in [2.05, 4.69) is 11.9 Å². The molecule has 1 aromatic heterocycles. The van der Waals surface area contributed by atoms with Crippen LogP contribution in [0.5, 0.6) is 0 Å². The molecule has 2 rings (SSSR count). The maximum absolute atomic E-state index is 12.0. The summed E-state index contributed by atoms with van der Waals surface area (Å²) in [6, 6.07) is 0. The van der Waals surface area contributed by atoms with Crippen LogP contribution in [0, 0.1) is 5.41 Å². The Labute approximate surface area is 102 Å². The quantitative estimate of drug-likeness (QED) is 0.791. The second kappa shape index (κ2) is 4.17. The number of hydrogen-bond acceptors (Lipinski definition) is 3. The summed E-state index contributed by atoms with van der Waals surface area (Å²) < 4.78 is 5.42. The number of oxazole rings is 1. The Kier molecular flexibility index (Phi) is 2.98. The summed E-state index contributed by atoms with van der Waals surface area (Å²) in [6.07, 6.45) is 2.39. The van der Waals surface area contributed by atoms with Gasteiger partial charge in [-0.05, 0) is 6.42 Å². The molecule has 4 heteroatoms. The molecule has 0 spiro atoms. The van der Waals surface area contributed by atoms with Gasteiger partial charge in [0, 0.05) is 18.5 Å². The van der Waals surface area contributed by atoms with Crippen LogP contribution in [-0.4, -0.2) is 28.9 Å². The second-order valence-corrected chi connectivity index (χ2v) is 5.67. The van der Waals surface area contributed by atoms with Crippen LogP contribution in [0.15, 0.2) is 10.8 Å². The van der Waals surface area contributed by atoms with Gasteiger partial charge in [-0.15, -0.1) is 0 Å². The number of aromatic nitrogens is 1. The Hall–Kier alpha value is -1.32. The molecule has 0 saturated carbocycles. The van der Waals surface area contributed by atoms with E-state index in [9.17, 15) is 4.79 Å². The normalized spacial score (nSPS) is 17.1. The summed E-state index contributed by atoms with van der Waals surface area (Å²) >= 11 is 0. The van der Waals surface area contributed by atoms with Crippen LogP contribution in [0.1, 0.15) is 45.1 Å². The molecule has 94 valence electrons. The minimum atomic E-state index is -0.292. The summed E-state index contributed by atoms with van der Waals surface area (Å²) in [5.74, 6) is 1.51. The fraction of sp³-hybridized carbons (Fsp3) is 0.692. The largest absolute Gasteiger partial charge is 0.448 e. The van der Waals surface area contributed by atoms with E-state index in [1.165, 1.54) is 6.39 Å². The van der Waals surface area contributed by atoms with Crippen LogP contribution in [-0.2, 0) is 11.2 Å². The molecular weight excluding hydrogens is 216 g/mol. The van der Waals surface area contributed by atoms with Crippen LogP contribution in [0.3, 0.4) is 0 Å². The lowest BCUT2D eigenvalue weighted by molar-refractivity contribution is -0.144. The molecule has 0 atom stereocenters. The molecule has 0 bridgehead atoms. The number of hydrogen-bond donors (Lipinski definition) is 0. The monoisotopic (exact) mass is 236 g/mol. The fourth-order valence-corrected chi connectivity index (χ4v) is 2.16. The van der Waals surface area contributed by atoms with Crippen LogP contribution >= 0.6 is 0 Å². The van der Waals surface area contributed by atoms with Crippen molar-refractivity contribution >= 4 is 5.91 Å². The lowest BCUT2D eigenvalue weighted by Gasteiger charge is -2.41. The molecule has 1 amide bonds. The van der Waals surface area contributed by atoms with Gasteiger partial charge in [-0.25, -0.2) is 4.98 Å². The zero-order chi connectivity index (χ0) is 12.6. The van der Waals surface area contributed by atoms with Crippen molar-refractivity contribution in [2.24, 2.45) is 5.41 Å². The maximum Gasteiger partial charge on any atom is 0.227 e. The van der Waals surface area contributed by atoms with Gasteiger partial charge in [-0.3, -0.25) is 4.79 Å². The third kappa shape index (κ3) is 2.21. The van der Waals surface area contributed by atoms with Crippen molar-refractivity contribution in [2.75, 3.05) is 13.1 Å². The molecule has 1 aliphatic heterocycles. The minimum Gasteiger partial charge on any atom is -0.448 e. The standard InChI is InChI=1S/C13H20N2O2/c1-5-10-11(17-8-14-10)9-6-15(7-9)12(16)13(2,3)4/h8-9H,5-7H2,1-4H3. The summed E-state index contributed by atoms with van der Waals surface area (Å²) in [5.41, 5.74) is 0.734. The third-order valence-electron chi connectivity index (χ3n) is 3.19. The molecule has 0 aliphatic carbocycles. The fourth-order valence-electron chi connectivity index (χ4n) is 2.16. The molecule has 0 N–H and O–H groups in total. The van der Waals surface area contributed by atoms with Crippen molar-refractivity contribution < 1.29 is 9.21 Å². The predicted octanol–water partition coefficient (Wildman–Crippen LogP) is 2.21. The van der Waals surface area contributed by atoms with Crippen molar-refractivity contribution in [1.82, 2.24) is 9.88 Å². The number of carbonyl (C=O) groups excluding carboxylic acids is 1. The van der Waals surface area contributed by atoms with E-state index in [-0.39, 0.29) is 11.3 Å². The lowest BCUT2D eigenvalue weighted by Crippen LogP contribution is -2.52. The number of nitrogens with zero attached hydrogens (tertiary/aromatic N) is 2. The Morgan fingerprint density at radius 1 is 1.53 bits per heavy atom. The highest BCUT2D eigenvalue weighted by atomic mass is 16.3. The molecule has 0 unspecified atom stereocenters. The summed E-state index contributed by atoms with van der Waals surface area (Å²) in [4.78, 5) is 18.1.